The fourth-order valence-electron chi connectivity index (χ4n) is 2.93. The molecule has 1 atom stereocenters. The highest BCUT2D eigenvalue weighted by molar-refractivity contribution is 5.31. The molecule has 6 heteroatoms. The maximum atomic E-state index is 6.21. The van der Waals surface area contributed by atoms with Crippen molar-refractivity contribution < 1.29 is 14.2 Å². The highest BCUT2D eigenvalue weighted by Gasteiger charge is 2.19. The Morgan fingerprint density at radius 3 is 1.97 bits per heavy atom. The van der Waals surface area contributed by atoms with Gasteiger partial charge < -0.3 is 14.2 Å². The molecule has 0 spiro atoms. The zero-order valence-corrected chi connectivity index (χ0v) is 17.5. The Bertz CT molecular complexity index is 900. The molecule has 0 aliphatic heterocycles. The molecule has 2 aromatic heterocycles. The first kappa shape index (κ1) is 20.6. The summed E-state index contributed by atoms with van der Waals surface area (Å²) in [4.78, 5) is 12.7. The lowest BCUT2D eigenvalue weighted by molar-refractivity contribution is 0.183. The van der Waals surface area contributed by atoms with Crippen LogP contribution in [0, 0.1) is 0 Å². The summed E-state index contributed by atoms with van der Waals surface area (Å²) in [5.41, 5.74) is 3.51. The highest BCUT2D eigenvalue weighted by atomic mass is 16.5. The monoisotopic (exact) mass is 393 g/mol. The molecule has 2 heterocycles. The minimum atomic E-state index is -0.275. The van der Waals surface area contributed by atoms with Gasteiger partial charge in [-0.15, -0.1) is 0 Å². The van der Waals surface area contributed by atoms with Crippen LogP contribution in [-0.4, -0.2) is 29.2 Å². The summed E-state index contributed by atoms with van der Waals surface area (Å²) in [7, 11) is 3.09. The number of methoxy groups -OCH3 is 2. The number of hydrogen-bond acceptors (Lipinski definition) is 6. The summed E-state index contributed by atoms with van der Waals surface area (Å²) in [6.45, 7) is 6.59. The molecule has 3 rings (SSSR count). The third kappa shape index (κ3) is 5.44. The number of nitrogens with zero attached hydrogens (tertiary/aromatic N) is 3. The lowest BCUT2D eigenvalue weighted by atomic mass is 9.86. The Balaban J connectivity index is 1.93. The number of hydrogen-bond donors (Lipinski definition) is 0. The average Bonchev–Trinajstić information content (AvgIpc) is 2.73. The van der Waals surface area contributed by atoms with Gasteiger partial charge >= 0.3 is 6.01 Å². The summed E-state index contributed by atoms with van der Waals surface area (Å²) in [6.07, 6.45) is 3.93. The van der Waals surface area contributed by atoms with Crippen molar-refractivity contribution in [3.05, 3.63) is 71.5 Å². The van der Waals surface area contributed by atoms with Gasteiger partial charge in [-0.2, -0.15) is 9.97 Å². The Morgan fingerprint density at radius 1 is 0.862 bits per heavy atom. The van der Waals surface area contributed by atoms with E-state index in [0.29, 0.717) is 18.2 Å². The first-order valence-corrected chi connectivity index (χ1v) is 9.52. The van der Waals surface area contributed by atoms with Crippen molar-refractivity contribution in [2.45, 2.75) is 38.7 Å². The Labute approximate surface area is 171 Å². The van der Waals surface area contributed by atoms with Crippen LogP contribution in [-0.2, 0) is 11.8 Å². The lowest BCUT2D eigenvalue weighted by Crippen LogP contribution is -2.15. The average molecular weight is 393 g/mol. The van der Waals surface area contributed by atoms with E-state index < -0.39 is 0 Å². The van der Waals surface area contributed by atoms with Gasteiger partial charge in [0.15, 0.2) is 0 Å². The second kappa shape index (κ2) is 8.90. The number of benzene rings is 1. The molecule has 0 saturated carbocycles. The summed E-state index contributed by atoms with van der Waals surface area (Å²) >= 11 is 0. The molecule has 1 unspecified atom stereocenters. The predicted molar refractivity (Wildman–Crippen MR) is 112 cm³/mol. The zero-order chi connectivity index (χ0) is 20.9. The molecule has 6 nitrogen and oxygen atoms in total. The second-order valence-corrected chi connectivity index (χ2v) is 7.77. The normalized spacial score (nSPS) is 12.3. The van der Waals surface area contributed by atoms with E-state index in [4.69, 9.17) is 14.2 Å². The minimum absolute atomic E-state index is 0.0866. The molecule has 0 amide bonds. The predicted octanol–water partition coefficient (Wildman–Crippen LogP) is 4.55. The molecular formula is C23H27N3O3. The van der Waals surface area contributed by atoms with Crippen molar-refractivity contribution in [2.24, 2.45) is 0 Å². The Kier molecular flexibility index (Phi) is 6.32. The van der Waals surface area contributed by atoms with Crippen LogP contribution in [0.25, 0.3) is 0 Å². The SMILES string of the molecule is COc1cc(OC)nc(OC(Cc2ccncc2)c2ccc(C(C)(C)C)cc2)n1. The quantitative estimate of drug-likeness (QED) is 0.587. The number of aromatic nitrogens is 3. The van der Waals surface area contributed by atoms with Crippen molar-refractivity contribution in [3.63, 3.8) is 0 Å². The molecular weight excluding hydrogens is 366 g/mol. The molecule has 0 aliphatic carbocycles. The van der Waals surface area contributed by atoms with Gasteiger partial charge in [0.1, 0.15) is 6.10 Å². The highest BCUT2D eigenvalue weighted by Crippen LogP contribution is 2.29. The van der Waals surface area contributed by atoms with Crippen molar-refractivity contribution in [3.8, 4) is 17.8 Å². The number of rotatable bonds is 7. The summed E-state index contributed by atoms with van der Waals surface area (Å²) in [5, 5.41) is 0. The lowest BCUT2D eigenvalue weighted by Gasteiger charge is -2.22. The van der Waals surface area contributed by atoms with Crippen molar-refractivity contribution in [1.29, 1.82) is 0 Å². The molecule has 152 valence electrons. The molecule has 0 radical (unpaired) electrons. The van der Waals surface area contributed by atoms with Gasteiger partial charge in [0, 0.05) is 18.8 Å². The Hall–Kier alpha value is -3.15. The fourth-order valence-corrected chi connectivity index (χ4v) is 2.93. The van der Waals surface area contributed by atoms with E-state index >= 15 is 0 Å². The maximum absolute atomic E-state index is 6.21. The van der Waals surface area contributed by atoms with E-state index in [2.05, 4.69) is 60.0 Å². The summed E-state index contributed by atoms with van der Waals surface area (Å²) < 4.78 is 16.7. The Morgan fingerprint density at radius 2 is 1.45 bits per heavy atom. The van der Waals surface area contributed by atoms with Crippen LogP contribution < -0.4 is 14.2 Å². The third-order valence-electron chi connectivity index (χ3n) is 4.64. The van der Waals surface area contributed by atoms with Gasteiger partial charge in [-0.3, -0.25) is 4.98 Å². The van der Waals surface area contributed by atoms with Crippen LogP contribution >= 0.6 is 0 Å². The van der Waals surface area contributed by atoms with E-state index in [0.717, 1.165) is 11.1 Å². The van der Waals surface area contributed by atoms with Gasteiger partial charge in [0.2, 0.25) is 11.8 Å². The fraction of sp³-hybridized carbons (Fsp3) is 0.348. The molecule has 0 saturated heterocycles. The summed E-state index contributed by atoms with van der Waals surface area (Å²) in [5.74, 6) is 0.773. The molecule has 0 N–H and O–H groups in total. The number of pyridine rings is 1. The van der Waals surface area contributed by atoms with Crippen LogP contribution in [0.4, 0.5) is 0 Å². The first-order chi connectivity index (χ1) is 13.9. The molecule has 29 heavy (non-hydrogen) atoms. The molecule has 0 fully saturated rings. The van der Waals surface area contributed by atoms with Gasteiger partial charge in [0.25, 0.3) is 0 Å². The van der Waals surface area contributed by atoms with Crippen molar-refractivity contribution in [2.75, 3.05) is 14.2 Å². The van der Waals surface area contributed by atoms with Crippen molar-refractivity contribution in [1.82, 2.24) is 15.0 Å². The number of ether oxygens (including phenoxy) is 3. The zero-order valence-electron chi connectivity index (χ0n) is 17.5. The van der Waals surface area contributed by atoms with Crippen molar-refractivity contribution >= 4 is 0 Å². The molecule has 0 bridgehead atoms. The third-order valence-corrected chi connectivity index (χ3v) is 4.64. The minimum Gasteiger partial charge on any atom is -0.481 e. The van der Waals surface area contributed by atoms with Crippen LogP contribution in [0.1, 0.15) is 43.6 Å². The van der Waals surface area contributed by atoms with Gasteiger partial charge in [-0.1, -0.05) is 45.0 Å². The smallest absolute Gasteiger partial charge is 0.323 e. The maximum Gasteiger partial charge on any atom is 0.323 e. The van der Waals surface area contributed by atoms with Crippen LogP contribution in [0.2, 0.25) is 0 Å². The molecule has 1 aromatic carbocycles. The second-order valence-electron chi connectivity index (χ2n) is 7.77. The first-order valence-electron chi connectivity index (χ1n) is 9.52. The van der Waals surface area contributed by atoms with Gasteiger partial charge in [-0.25, -0.2) is 0 Å². The van der Waals surface area contributed by atoms with Crippen LogP contribution in [0.5, 0.6) is 17.8 Å². The van der Waals surface area contributed by atoms with E-state index in [-0.39, 0.29) is 17.5 Å². The molecule has 3 aromatic rings. The topological polar surface area (TPSA) is 66.4 Å². The summed E-state index contributed by atoms with van der Waals surface area (Å²) in [6, 6.07) is 14.3. The van der Waals surface area contributed by atoms with Gasteiger partial charge in [0.05, 0.1) is 20.3 Å². The van der Waals surface area contributed by atoms with E-state index in [1.807, 2.05) is 12.1 Å². The standard InChI is InChI=1S/C23H27N3O3/c1-23(2,3)18-8-6-17(7-9-18)19(14-16-10-12-24-13-11-16)29-22-25-20(27-4)15-21(26-22)28-5/h6-13,15,19H,14H2,1-5H3. The largest absolute Gasteiger partial charge is 0.481 e. The van der Waals surface area contributed by atoms with Crippen LogP contribution in [0.3, 0.4) is 0 Å². The van der Waals surface area contributed by atoms with E-state index in [1.165, 1.54) is 5.56 Å². The van der Waals surface area contributed by atoms with Gasteiger partial charge in [-0.05, 0) is 34.2 Å². The van der Waals surface area contributed by atoms with Crippen LogP contribution in [0.15, 0.2) is 54.9 Å². The van der Waals surface area contributed by atoms with E-state index in [1.54, 1.807) is 32.7 Å². The van der Waals surface area contributed by atoms with E-state index in [9.17, 15) is 0 Å². The molecule has 0 aliphatic rings.